The maximum Gasteiger partial charge on any atom is 0.241 e. The second-order valence-corrected chi connectivity index (χ2v) is 3.28. The summed E-state index contributed by atoms with van der Waals surface area (Å²) in [4.78, 5) is 11.3. The molecule has 0 saturated heterocycles. The van der Waals surface area contributed by atoms with Gasteiger partial charge >= 0.3 is 0 Å². The van der Waals surface area contributed by atoms with Gasteiger partial charge in [-0.1, -0.05) is 0 Å². The molecule has 0 aliphatic carbocycles. The van der Waals surface area contributed by atoms with Crippen LogP contribution in [0.5, 0.6) is 0 Å². The van der Waals surface area contributed by atoms with E-state index in [1.165, 1.54) is 19.2 Å². The Balaban J connectivity index is 2.90. The monoisotopic (exact) mass is 221 g/mol. The number of rotatable bonds is 3. The molecule has 0 bridgehead atoms. The van der Waals surface area contributed by atoms with Crippen molar-refractivity contribution in [2.75, 3.05) is 12.4 Å². The second kappa shape index (κ2) is 5.12. The van der Waals surface area contributed by atoms with E-state index in [-0.39, 0.29) is 11.5 Å². The van der Waals surface area contributed by atoms with Crippen molar-refractivity contribution < 1.29 is 9.18 Å². The van der Waals surface area contributed by atoms with Crippen molar-refractivity contribution in [2.24, 2.45) is 0 Å². The summed E-state index contributed by atoms with van der Waals surface area (Å²) in [5.74, 6) is -0.678. The number of nitrogens with zero attached hydrogens (tertiary/aromatic N) is 1. The van der Waals surface area contributed by atoms with Gasteiger partial charge in [-0.3, -0.25) is 4.79 Å². The minimum absolute atomic E-state index is 0.177. The highest BCUT2D eigenvalue weighted by molar-refractivity contribution is 5.84. The van der Waals surface area contributed by atoms with Crippen LogP contribution in [0.25, 0.3) is 0 Å². The van der Waals surface area contributed by atoms with E-state index in [1.54, 1.807) is 6.92 Å². The summed E-state index contributed by atoms with van der Waals surface area (Å²) in [6.45, 7) is 1.66. The Labute approximate surface area is 93.1 Å². The molecule has 0 aliphatic heterocycles. The van der Waals surface area contributed by atoms with Crippen molar-refractivity contribution in [1.29, 1.82) is 5.26 Å². The van der Waals surface area contributed by atoms with Crippen LogP contribution in [0.15, 0.2) is 18.2 Å². The lowest BCUT2D eigenvalue weighted by Crippen LogP contribution is -2.35. The summed E-state index contributed by atoms with van der Waals surface area (Å²) in [6.07, 6.45) is 0. The standard InChI is InChI=1S/C11H12FN3O/c1-7(11(16)14-2)15-10-4-3-9(12)5-8(10)6-13/h3-5,7,15H,1-2H3,(H,14,16). The molecule has 4 nitrogen and oxygen atoms in total. The molecule has 0 heterocycles. The van der Waals surface area contributed by atoms with Gasteiger partial charge in [-0.25, -0.2) is 4.39 Å². The van der Waals surface area contributed by atoms with Crippen LogP contribution >= 0.6 is 0 Å². The van der Waals surface area contributed by atoms with Crippen LogP contribution in [0.1, 0.15) is 12.5 Å². The van der Waals surface area contributed by atoms with Gasteiger partial charge in [0.1, 0.15) is 17.9 Å². The smallest absolute Gasteiger partial charge is 0.241 e. The lowest BCUT2D eigenvalue weighted by atomic mass is 10.1. The molecule has 1 unspecified atom stereocenters. The molecule has 1 aromatic carbocycles. The fourth-order valence-electron chi connectivity index (χ4n) is 1.25. The number of amides is 1. The summed E-state index contributed by atoms with van der Waals surface area (Å²) in [7, 11) is 1.52. The molecule has 16 heavy (non-hydrogen) atoms. The Kier molecular flexibility index (Phi) is 3.84. The molecular weight excluding hydrogens is 209 g/mol. The number of benzene rings is 1. The molecule has 0 aliphatic rings. The number of hydrogen-bond acceptors (Lipinski definition) is 3. The lowest BCUT2D eigenvalue weighted by Gasteiger charge is -2.14. The summed E-state index contributed by atoms with van der Waals surface area (Å²) in [5, 5.41) is 14.1. The minimum atomic E-state index is -0.484. The second-order valence-electron chi connectivity index (χ2n) is 3.28. The zero-order valence-corrected chi connectivity index (χ0v) is 9.04. The summed E-state index contributed by atoms with van der Waals surface area (Å²) in [5.41, 5.74) is 0.621. The first-order valence-corrected chi connectivity index (χ1v) is 4.76. The van der Waals surface area contributed by atoms with Crippen LogP contribution in [0.4, 0.5) is 10.1 Å². The number of hydrogen-bond donors (Lipinski definition) is 2. The van der Waals surface area contributed by atoms with E-state index in [4.69, 9.17) is 5.26 Å². The fourth-order valence-corrected chi connectivity index (χ4v) is 1.25. The molecule has 0 radical (unpaired) electrons. The molecule has 2 N–H and O–H groups in total. The largest absolute Gasteiger partial charge is 0.373 e. The third kappa shape index (κ3) is 2.70. The van der Waals surface area contributed by atoms with Gasteiger partial charge in [0.25, 0.3) is 0 Å². The first-order valence-electron chi connectivity index (χ1n) is 4.76. The molecule has 0 spiro atoms. The third-order valence-electron chi connectivity index (χ3n) is 2.11. The lowest BCUT2D eigenvalue weighted by molar-refractivity contribution is -0.121. The molecule has 1 rings (SSSR count). The highest BCUT2D eigenvalue weighted by Crippen LogP contribution is 2.16. The fraction of sp³-hybridized carbons (Fsp3) is 0.273. The minimum Gasteiger partial charge on any atom is -0.373 e. The molecule has 1 aromatic rings. The average Bonchev–Trinajstić information content (AvgIpc) is 2.30. The van der Waals surface area contributed by atoms with Gasteiger partial charge in [-0.05, 0) is 25.1 Å². The van der Waals surface area contributed by atoms with Gasteiger partial charge in [-0.15, -0.1) is 0 Å². The van der Waals surface area contributed by atoms with E-state index in [2.05, 4.69) is 10.6 Å². The molecule has 0 aromatic heterocycles. The number of nitrogens with one attached hydrogen (secondary N) is 2. The van der Waals surface area contributed by atoms with Crippen LogP contribution in [-0.4, -0.2) is 19.0 Å². The first kappa shape index (κ1) is 12.0. The van der Waals surface area contributed by atoms with Crippen molar-refractivity contribution in [3.05, 3.63) is 29.6 Å². The van der Waals surface area contributed by atoms with E-state index in [0.29, 0.717) is 5.69 Å². The third-order valence-corrected chi connectivity index (χ3v) is 2.11. The number of nitriles is 1. The van der Waals surface area contributed by atoms with Crippen LogP contribution in [-0.2, 0) is 4.79 Å². The Morgan fingerprint density at radius 2 is 2.25 bits per heavy atom. The number of halogens is 1. The van der Waals surface area contributed by atoms with Crippen molar-refractivity contribution in [2.45, 2.75) is 13.0 Å². The van der Waals surface area contributed by atoms with Crippen LogP contribution in [0.3, 0.4) is 0 Å². The number of likely N-dealkylation sites (N-methyl/N-ethyl adjacent to an activating group) is 1. The Bertz CT molecular complexity index is 439. The molecule has 1 amide bonds. The zero-order chi connectivity index (χ0) is 12.1. The molecule has 0 saturated carbocycles. The molecule has 1 atom stereocenters. The normalized spacial score (nSPS) is 11.4. The Morgan fingerprint density at radius 1 is 1.56 bits per heavy atom. The molecule has 84 valence electrons. The van der Waals surface area contributed by atoms with E-state index in [1.807, 2.05) is 6.07 Å². The van der Waals surface area contributed by atoms with Gasteiger partial charge in [0.15, 0.2) is 0 Å². The van der Waals surface area contributed by atoms with Gasteiger partial charge in [0.2, 0.25) is 5.91 Å². The average molecular weight is 221 g/mol. The maximum absolute atomic E-state index is 12.8. The highest BCUT2D eigenvalue weighted by atomic mass is 19.1. The van der Waals surface area contributed by atoms with E-state index in [0.717, 1.165) is 6.07 Å². The maximum atomic E-state index is 12.8. The van der Waals surface area contributed by atoms with Crippen molar-refractivity contribution in [3.8, 4) is 6.07 Å². The predicted molar refractivity (Wildman–Crippen MR) is 58.3 cm³/mol. The summed E-state index contributed by atoms with van der Waals surface area (Å²) >= 11 is 0. The molecular formula is C11H12FN3O. The first-order chi connectivity index (χ1) is 7.58. The number of carbonyl (C=O) groups is 1. The summed E-state index contributed by atoms with van der Waals surface area (Å²) < 4.78 is 12.8. The Hall–Kier alpha value is -2.09. The predicted octanol–water partition coefficient (Wildman–Crippen LogP) is 1.24. The van der Waals surface area contributed by atoms with Gasteiger partial charge in [0.05, 0.1) is 11.3 Å². The van der Waals surface area contributed by atoms with E-state index < -0.39 is 11.9 Å². The SMILES string of the molecule is CNC(=O)C(C)Nc1ccc(F)cc1C#N. The number of anilines is 1. The van der Waals surface area contributed by atoms with Crippen molar-refractivity contribution >= 4 is 11.6 Å². The Morgan fingerprint density at radius 3 is 2.81 bits per heavy atom. The van der Waals surface area contributed by atoms with Gasteiger partial charge in [0, 0.05) is 7.05 Å². The quantitative estimate of drug-likeness (QED) is 0.807. The highest BCUT2D eigenvalue weighted by Gasteiger charge is 2.12. The van der Waals surface area contributed by atoms with Gasteiger partial charge in [-0.2, -0.15) is 5.26 Å². The zero-order valence-electron chi connectivity index (χ0n) is 9.04. The van der Waals surface area contributed by atoms with E-state index >= 15 is 0 Å². The molecule has 0 fully saturated rings. The van der Waals surface area contributed by atoms with E-state index in [9.17, 15) is 9.18 Å². The van der Waals surface area contributed by atoms with Crippen molar-refractivity contribution in [3.63, 3.8) is 0 Å². The van der Waals surface area contributed by atoms with Crippen LogP contribution in [0, 0.1) is 17.1 Å². The van der Waals surface area contributed by atoms with Crippen LogP contribution in [0.2, 0.25) is 0 Å². The molecule has 5 heteroatoms. The topological polar surface area (TPSA) is 64.9 Å². The van der Waals surface area contributed by atoms with Crippen molar-refractivity contribution in [1.82, 2.24) is 5.32 Å². The van der Waals surface area contributed by atoms with Crippen LogP contribution < -0.4 is 10.6 Å². The summed E-state index contributed by atoms with van der Waals surface area (Å²) in [6, 6.07) is 5.18. The number of carbonyl (C=O) groups excluding carboxylic acids is 1. The van der Waals surface area contributed by atoms with Gasteiger partial charge < -0.3 is 10.6 Å².